The van der Waals surface area contributed by atoms with Crippen molar-refractivity contribution < 1.29 is 14.7 Å². The van der Waals surface area contributed by atoms with Gasteiger partial charge in [0.1, 0.15) is 6.04 Å². The first kappa shape index (κ1) is 15.1. The summed E-state index contributed by atoms with van der Waals surface area (Å²) in [5.74, 6) is -0.412. The second-order valence-corrected chi connectivity index (χ2v) is 5.75. The summed E-state index contributed by atoms with van der Waals surface area (Å²) in [5, 5.41) is 9.21. The monoisotopic (exact) mass is 274 g/mol. The fourth-order valence-electron chi connectivity index (χ4n) is 2.11. The molecule has 2 unspecified atom stereocenters. The van der Waals surface area contributed by atoms with Crippen LogP contribution in [0.15, 0.2) is 0 Å². The van der Waals surface area contributed by atoms with Crippen LogP contribution in [0.3, 0.4) is 0 Å². The minimum atomic E-state index is -0.903. The van der Waals surface area contributed by atoms with E-state index in [4.69, 9.17) is 0 Å². The van der Waals surface area contributed by atoms with Gasteiger partial charge in [-0.15, -0.1) is 11.8 Å². The summed E-state index contributed by atoms with van der Waals surface area (Å²) in [7, 11) is 1.73. The summed E-state index contributed by atoms with van der Waals surface area (Å²) < 4.78 is 0. The highest BCUT2D eigenvalue weighted by Gasteiger charge is 2.42. The zero-order valence-electron chi connectivity index (χ0n) is 11.3. The molecule has 0 aromatic rings. The van der Waals surface area contributed by atoms with Crippen molar-refractivity contribution in [3.05, 3.63) is 0 Å². The number of hydrogen-bond donors (Lipinski definition) is 1. The number of carboxylic acids is 1. The van der Waals surface area contributed by atoms with Gasteiger partial charge in [-0.2, -0.15) is 0 Å². The van der Waals surface area contributed by atoms with Crippen LogP contribution in [-0.2, 0) is 4.79 Å². The SMILES string of the molecule is CCCC1SCC(C(=O)O)N1C(=O)N(C)CCC. The molecule has 0 aliphatic carbocycles. The van der Waals surface area contributed by atoms with E-state index < -0.39 is 12.0 Å². The summed E-state index contributed by atoms with van der Waals surface area (Å²) in [4.78, 5) is 26.7. The third-order valence-corrected chi connectivity index (χ3v) is 4.38. The van der Waals surface area contributed by atoms with Crippen molar-refractivity contribution in [2.24, 2.45) is 0 Å². The highest BCUT2D eigenvalue weighted by atomic mass is 32.2. The van der Waals surface area contributed by atoms with Crippen LogP contribution in [0.2, 0.25) is 0 Å². The lowest BCUT2D eigenvalue weighted by atomic mass is 10.2. The first-order valence-corrected chi connectivity index (χ1v) is 7.45. The van der Waals surface area contributed by atoms with Gasteiger partial charge in [-0.25, -0.2) is 9.59 Å². The van der Waals surface area contributed by atoms with Crippen molar-refractivity contribution in [1.29, 1.82) is 0 Å². The Bertz CT molecular complexity index is 312. The van der Waals surface area contributed by atoms with E-state index in [2.05, 4.69) is 0 Å². The van der Waals surface area contributed by atoms with E-state index in [1.165, 1.54) is 0 Å². The van der Waals surface area contributed by atoms with Gasteiger partial charge in [-0.05, 0) is 12.8 Å². The third-order valence-electron chi connectivity index (χ3n) is 3.02. The second-order valence-electron chi connectivity index (χ2n) is 4.54. The van der Waals surface area contributed by atoms with Gasteiger partial charge in [0.15, 0.2) is 0 Å². The molecule has 1 aliphatic heterocycles. The molecule has 0 spiro atoms. The molecule has 0 aromatic heterocycles. The fourth-order valence-corrected chi connectivity index (χ4v) is 3.62. The van der Waals surface area contributed by atoms with Gasteiger partial charge in [-0.1, -0.05) is 20.3 Å². The molecule has 2 atom stereocenters. The number of aliphatic carboxylic acids is 1. The quantitative estimate of drug-likeness (QED) is 0.834. The van der Waals surface area contributed by atoms with Crippen LogP contribution in [0, 0.1) is 0 Å². The van der Waals surface area contributed by atoms with Crippen LogP contribution in [0.4, 0.5) is 4.79 Å². The molecule has 0 aromatic carbocycles. The highest BCUT2D eigenvalue weighted by molar-refractivity contribution is 8.00. The normalized spacial score (nSPS) is 23.2. The number of urea groups is 1. The second kappa shape index (κ2) is 6.87. The fraction of sp³-hybridized carbons (Fsp3) is 0.833. The molecule has 1 rings (SSSR count). The summed E-state index contributed by atoms with van der Waals surface area (Å²) >= 11 is 1.57. The van der Waals surface area contributed by atoms with Gasteiger partial charge in [0.2, 0.25) is 0 Å². The zero-order valence-corrected chi connectivity index (χ0v) is 12.1. The van der Waals surface area contributed by atoms with Gasteiger partial charge in [0.05, 0.1) is 5.37 Å². The van der Waals surface area contributed by atoms with Crippen molar-refractivity contribution >= 4 is 23.8 Å². The Morgan fingerprint density at radius 1 is 1.39 bits per heavy atom. The van der Waals surface area contributed by atoms with Gasteiger partial charge in [0, 0.05) is 19.3 Å². The van der Waals surface area contributed by atoms with Crippen molar-refractivity contribution in [3.63, 3.8) is 0 Å². The Labute approximate surface area is 113 Å². The van der Waals surface area contributed by atoms with Gasteiger partial charge < -0.3 is 10.0 Å². The Hall–Kier alpha value is -0.910. The molecule has 6 heteroatoms. The molecule has 5 nitrogen and oxygen atoms in total. The Kier molecular flexibility index (Phi) is 5.78. The van der Waals surface area contributed by atoms with Crippen molar-refractivity contribution in [3.8, 4) is 0 Å². The lowest BCUT2D eigenvalue weighted by molar-refractivity contribution is -0.141. The minimum absolute atomic E-state index is 0.00269. The van der Waals surface area contributed by atoms with Crippen LogP contribution < -0.4 is 0 Å². The molecule has 0 saturated carbocycles. The highest BCUT2D eigenvalue weighted by Crippen LogP contribution is 2.33. The van der Waals surface area contributed by atoms with E-state index in [0.29, 0.717) is 12.3 Å². The van der Waals surface area contributed by atoms with Crippen molar-refractivity contribution in [2.75, 3.05) is 19.3 Å². The number of carboxylic acid groups (broad SMARTS) is 1. The lowest BCUT2D eigenvalue weighted by Crippen LogP contribution is -2.50. The van der Waals surface area contributed by atoms with Crippen LogP contribution in [-0.4, -0.2) is 57.7 Å². The number of carbonyl (C=O) groups excluding carboxylic acids is 1. The largest absolute Gasteiger partial charge is 0.480 e. The molecule has 1 fully saturated rings. The number of amides is 2. The molecule has 2 amide bonds. The van der Waals surface area contributed by atoms with E-state index >= 15 is 0 Å². The predicted molar refractivity (Wildman–Crippen MR) is 72.7 cm³/mol. The standard InChI is InChI=1S/C12H22N2O3S/c1-4-6-10-14(9(8-18-10)11(15)16)12(17)13(3)7-5-2/h9-10H,4-8H2,1-3H3,(H,15,16). The van der Waals surface area contributed by atoms with Crippen LogP contribution in [0.1, 0.15) is 33.1 Å². The number of nitrogens with zero attached hydrogens (tertiary/aromatic N) is 2. The molecule has 1 N–H and O–H groups in total. The topological polar surface area (TPSA) is 60.9 Å². The van der Waals surface area contributed by atoms with E-state index in [1.807, 2.05) is 13.8 Å². The maximum absolute atomic E-state index is 12.3. The maximum atomic E-state index is 12.3. The van der Waals surface area contributed by atoms with Crippen molar-refractivity contribution in [2.45, 2.75) is 44.5 Å². The van der Waals surface area contributed by atoms with Gasteiger partial charge in [-0.3, -0.25) is 4.90 Å². The number of carbonyl (C=O) groups is 2. The average molecular weight is 274 g/mol. The Balaban J connectivity index is 2.81. The van der Waals surface area contributed by atoms with Crippen LogP contribution in [0.25, 0.3) is 0 Å². The summed E-state index contributed by atoms with van der Waals surface area (Å²) in [6.45, 7) is 4.71. The number of thioether (sulfide) groups is 1. The van der Waals surface area contributed by atoms with Gasteiger partial charge in [0.25, 0.3) is 0 Å². The van der Waals surface area contributed by atoms with Crippen LogP contribution in [0.5, 0.6) is 0 Å². The molecular formula is C12H22N2O3S. The number of hydrogen-bond acceptors (Lipinski definition) is 3. The third kappa shape index (κ3) is 3.31. The Morgan fingerprint density at radius 3 is 2.56 bits per heavy atom. The predicted octanol–water partition coefficient (Wildman–Crippen LogP) is 2.08. The molecule has 1 aliphatic rings. The smallest absolute Gasteiger partial charge is 0.327 e. The zero-order chi connectivity index (χ0) is 13.7. The molecule has 1 heterocycles. The molecule has 0 radical (unpaired) electrons. The van der Waals surface area contributed by atoms with E-state index in [0.717, 1.165) is 19.3 Å². The molecule has 1 saturated heterocycles. The van der Waals surface area contributed by atoms with E-state index in [-0.39, 0.29) is 11.4 Å². The summed E-state index contributed by atoms with van der Waals surface area (Å²) in [6.07, 6.45) is 2.67. The lowest BCUT2D eigenvalue weighted by Gasteiger charge is -2.31. The van der Waals surface area contributed by atoms with Crippen LogP contribution >= 0.6 is 11.8 Å². The van der Waals surface area contributed by atoms with E-state index in [1.54, 1.807) is 28.6 Å². The molecule has 18 heavy (non-hydrogen) atoms. The average Bonchev–Trinajstić information content (AvgIpc) is 2.72. The minimum Gasteiger partial charge on any atom is -0.480 e. The molecule has 0 bridgehead atoms. The molecular weight excluding hydrogens is 252 g/mol. The molecule has 104 valence electrons. The van der Waals surface area contributed by atoms with Crippen molar-refractivity contribution in [1.82, 2.24) is 9.80 Å². The summed E-state index contributed by atoms with van der Waals surface area (Å²) in [5.41, 5.74) is 0. The number of rotatable bonds is 5. The van der Waals surface area contributed by atoms with E-state index in [9.17, 15) is 14.7 Å². The van der Waals surface area contributed by atoms with Gasteiger partial charge >= 0.3 is 12.0 Å². The maximum Gasteiger partial charge on any atom is 0.327 e. The first-order valence-electron chi connectivity index (χ1n) is 6.40. The summed E-state index contributed by atoms with van der Waals surface area (Å²) in [6, 6.07) is -0.842. The Morgan fingerprint density at radius 2 is 2.06 bits per heavy atom. The first-order chi connectivity index (χ1) is 8.52.